The number of nitrogens with zero attached hydrogens (tertiary/aromatic N) is 1. The second kappa shape index (κ2) is 7.22. The average Bonchev–Trinajstić information content (AvgIpc) is 2.68. The molecule has 0 saturated heterocycles. The Morgan fingerprint density at radius 3 is 2.50 bits per heavy atom. The van der Waals surface area contributed by atoms with E-state index < -0.39 is 6.23 Å². The first-order valence-corrected chi connectivity index (χ1v) is 9.46. The van der Waals surface area contributed by atoms with Crippen molar-refractivity contribution in [3.05, 3.63) is 95.3 Å². The van der Waals surface area contributed by atoms with Gasteiger partial charge in [-0.15, -0.1) is 0 Å². The second-order valence-electron chi connectivity index (χ2n) is 5.88. The molecule has 0 fully saturated rings. The van der Waals surface area contributed by atoms with Crippen LogP contribution in [0.15, 0.2) is 77.8 Å². The van der Waals surface area contributed by atoms with E-state index in [1.165, 1.54) is 24.1 Å². The van der Waals surface area contributed by atoms with Gasteiger partial charge in [0.1, 0.15) is 11.6 Å². The van der Waals surface area contributed by atoms with E-state index in [2.05, 4.69) is 4.72 Å². The summed E-state index contributed by atoms with van der Waals surface area (Å²) in [4.78, 5) is 4.82. The molecule has 0 saturated carbocycles. The zero-order chi connectivity index (χ0) is 17.9. The molecular formula is C21H17FN2OS. The van der Waals surface area contributed by atoms with Gasteiger partial charge in [0.2, 0.25) is 6.23 Å². The molecule has 1 heterocycles. The van der Waals surface area contributed by atoms with Gasteiger partial charge in [-0.05, 0) is 36.4 Å². The average molecular weight is 364 g/mol. The molecule has 1 aliphatic heterocycles. The maximum Gasteiger partial charge on any atom is 0.216 e. The van der Waals surface area contributed by atoms with Crippen molar-refractivity contribution in [1.82, 2.24) is 0 Å². The van der Waals surface area contributed by atoms with Gasteiger partial charge in [-0.25, -0.2) is 9.38 Å². The Bertz CT molecular complexity index is 942. The predicted octanol–water partition coefficient (Wildman–Crippen LogP) is 5.44. The number of fused-ring (bicyclic) bond motifs is 1. The van der Waals surface area contributed by atoms with E-state index in [1.807, 2.05) is 54.8 Å². The van der Waals surface area contributed by atoms with Crippen LogP contribution in [0, 0.1) is 5.82 Å². The summed E-state index contributed by atoms with van der Waals surface area (Å²) in [5.74, 6) is 0.494. The molecule has 0 aliphatic carbocycles. The van der Waals surface area contributed by atoms with Gasteiger partial charge in [0.05, 0.1) is 5.71 Å². The Hall–Kier alpha value is -2.79. The molecule has 26 heavy (non-hydrogen) atoms. The number of hydrogen-bond acceptors (Lipinski definition) is 4. The summed E-state index contributed by atoms with van der Waals surface area (Å²) in [6, 6.07) is 22.2. The van der Waals surface area contributed by atoms with E-state index in [1.54, 1.807) is 12.1 Å². The van der Waals surface area contributed by atoms with Gasteiger partial charge in [-0.1, -0.05) is 42.3 Å². The summed E-state index contributed by atoms with van der Waals surface area (Å²) in [6.45, 7) is 0. The minimum atomic E-state index is -0.437. The van der Waals surface area contributed by atoms with E-state index in [0.717, 1.165) is 33.8 Å². The molecule has 5 heteroatoms. The first-order chi connectivity index (χ1) is 12.7. The maximum atomic E-state index is 13.4. The standard InChI is InChI=1S/C21H17FN2OS/c1-26-24-17-11-12-18-19(13-17)25-21(15-5-3-2-4-6-15)23-20(18)14-7-9-16(22)10-8-14/h2-13,21,24H,1H3. The highest BCUT2D eigenvalue weighted by atomic mass is 32.2. The molecule has 1 aliphatic rings. The fourth-order valence-corrected chi connectivity index (χ4v) is 3.29. The topological polar surface area (TPSA) is 33.6 Å². The molecule has 3 aromatic carbocycles. The third-order valence-electron chi connectivity index (χ3n) is 4.14. The monoisotopic (exact) mass is 364 g/mol. The number of halogens is 1. The number of nitrogens with one attached hydrogen (secondary N) is 1. The summed E-state index contributed by atoms with van der Waals surface area (Å²) >= 11 is 1.52. The zero-order valence-electron chi connectivity index (χ0n) is 14.1. The van der Waals surface area contributed by atoms with E-state index in [9.17, 15) is 4.39 Å². The van der Waals surface area contributed by atoms with Gasteiger partial charge in [0.25, 0.3) is 0 Å². The smallest absolute Gasteiger partial charge is 0.216 e. The van der Waals surface area contributed by atoms with Crippen LogP contribution in [0.25, 0.3) is 0 Å². The van der Waals surface area contributed by atoms with Crippen LogP contribution in [0.2, 0.25) is 0 Å². The Balaban J connectivity index is 1.82. The molecule has 0 aromatic heterocycles. The van der Waals surface area contributed by atoms with Crippen LogP contribution in [0.3, 0.4) is 0 Å². The Kier molecular flexibility index (Phi) is 4.63. The fourth-order valence-electron chi connectivity index (χ4n) is 2.93. The van der Waals surface area contributed by atoms with Gasteiger partial charge in [-0.2, -0.15) is 0 Å². The summed E-state index contributed by atoms with van der Waals surface area (Å²) in [5, 5.41) is 0. The van der Waals surface area contributed by atoms with Crippen LogP contribution < -0.4 is 9.46 Å². The first kappa shape index (κ1) is 16.7. The molecule has 4 rings (SSSR count). The molecular weight excluding hydrogens is 347 g/mol. The molecule has 0 radical (unpaired) electrons. The lowest BCUT2D eigenvalue weighted by molar-refractivity contribution is 0.211. The van der Waals surface area contributed by atoms with E-state index in [4.69, 9.17) is 9.73 Å². The molecule has 3 aromatic rings. The number of anilines is 1. The SMILES string of the molecule is CSNc1ccc2c(c1)OC(c1ccccc1)N=C2c1ccc(F)cc1. The van der Waals surface area contributed by atoms with E-state index in [-0.39, 0.29) is 5.82 Å². The lowest BCUT2D eigenvalue weighted by Gasteiger charge is -2.26. The highest BCUT2D eigenvalue weighted by molar-refractivity contribution is 7.99. The van der Waals surface area contributed by atoms with Crippen LogP contribution in [0.4, 0.5) is 10.1 Å². The van der Waals surface area contributed by atoms with E-state index in [0.29, 0.717) is 0 Å². The number of rotatable bonds is 4. The van der Waals surface area contributed by atoms with Crippen molar-refractivity contribution in [3.8, 4) is 5.75 Å². The molecule has 3 nitrogen and oxygen atoms in total. The Labute approximate surface area is 156 Å². The minimum Gasteiger partial charge on any atom is -0.464 e. The number of ether oxygens (including phenoxy) is 1. The fraction of sp³-hybridized carbons (Fsp3) is 0.0952. The molecule has 0 bridgehead atoms. The lowest BCUT2D eigenvalue weighted by Crippen LogP contribution is -2.18. The molecule has 1 N–H and O–H groups in total. The third kappa shape index (κ3) is 3.30. The number of aliphatic imine (C=N–C) groups is 1. The van der Waals surface area contributed by atoms with Crippen molar-refractivity contribution in [1.29, 1.82) is 0 Å². The molecule has 0 spiro atoms. The van der Waals surface area contributed by atoms with Crippen molar-refractivity contribution in [3.63, 3.8) is 0 Å². The first-order valence-electron chi connectivity index (χ1n) is 8.23. The largest absolute Gasteiger partial charge is 0.464 e. The van der Waals surface area contributed by atoms with Crippen molar-refractivity contribution in [2.75, 3.05) is 11.0 Å². The maximum absolute atomic E-state index is 13.4. The van der Waals surface area contributed by atoms with Crippen LogP contribution in [-0.4, -0.2) is 12.0 Å². The third-order valence-corrected chi connectivity index (χ3v) is 4.58. The van der Waals surface area contributed by atoms with Gasteiger partial charge < -0.3 is 9.46 Å². The normalized spacial score (nSPS) is 15.6. The van der Waals surface area contributed by atoms with Crippen molar-refractivity contribution in [2.24, 2.45) is 4.99 Å². The second-order valence-corrected chi connectivity index (χ2v) is 6.49. The van der Waals surface area contributed by atoms with Crippen LogP contribution >= 0.6 is 11.9 Å². The molecule has 1 atom stereocenters. The zero-order valence-corrected chi connectivity index (χ0v) is 15.0. The van der Waals surface area contributed by atoms with E-state index >= 15 is 0 Å². The van der Waals surface area contributed by atoms with Gasteiger partial charge in [0, 0.05) is 34.7 Å². The van der Waals surface area contributed by atoms with Crippen molar-refractivity contribution in [2.45, 2.75) is 6.23 Å². The molecule has 0 amide bonds. The number of hydrogen-bond donors (Lipinski definition) is 1. The molecule has 1 unspecified atom stereocenters. The van der Waals surface area contributed by atoms with Crippen molar-refractivity contribution >= 4 is 23.3 Å². The summed E-state index contributed by atoms with van der Waals surface area (Å²) in [5.41, 5.74) is 4.50. The summed E-state index contributed by atoms with van der Waals surface area (Å²) in [7, 11) is 0. The van der Waals surface area contributed by atoms with Crippen LogP contribution in [0.5, 0.6) is 5.75 Å². The highest BCUT2D eigenvalue weighted by Gasteiger charge is 2.24. The van der Waals surface area contributed by atoms with Crippen LogP contribution in [-0.2, 0) is 0 Å². The van der Waals surface area contributed by atoms with Crippen LogP contribution in [0.1, 0.15) is 22.9 Å². The van der Waals surface area contributed by atoms with Crippen molar-refractivity contribution < 1.29 is 9.13 Å². The highest BCUT2D eigenvalue weighted by Crippen LogP contribution is 2.36. The summed E-state index contributed by atoms with van der Waals surface area (Å²) in [6.07, 6.45) is 1.53. The van der Waals surface area contributed by atoms with Gasteiger partial charge in [-0.3, -0.25) is 0 Å². The minimum absolute atomic E-state index is 0.263. The van der Waals surface area contributed by atoms with Gasteiger partial charge >= 0.3 is 0 Å². The lowest BCUT2D eigenvalue weighted by atomic mass is 9.99. The molecule has 130 valence electrons. The summed E-state index contributed by atoms with van der Waals surface area (Å²) < 4.78 is 22.7. The Morgan fingerprint density at radius 1 is 1.00 bits per heavy atom. The number of benzene rings is 3. The van der Waals surface area contributed by atoms with Gasteiger partial charge in [0.15, 0.2) is 0 Å². The Morgan fingerprint density at radius 2 is 1.77 bits per heavy atom. The quantitative estimate of drug-likeness (QED) is 0.626. The predicted molar refractivity (Wildman–Crippen MR) is 105 cm³/mol.